The van der Waals surface area contributed by atoms with E-state index >= 15 is 0 Å². The number of amides is 2. The lowest BCUT2D eigenvalue weighted by molar-refractivity contribution is -0.123. The average Bonchev–Trinajstić information content (AvgIpc) is 3.14. The van der Waals surface area contributed by atoms with Crippen LogP contribution in [0.4, 0.5) is 5.69 Å². The molecule has 8 heteroatoms. The van der Waals surface area contributed by atoms with Crippen LogP contribution in [-0.4, -0.2) is 32.8 Å². The minimum atomic E-state index is -3.91. The molecule has 2 aromatic carbocycles. The second-order valence-electron chi connectivity index (χ2n) is 7.76. The average molecular weight is 430 g/mol. The van der Waals surface area contributed by atoms with E-state index in [1.54, 1.807) is 30.9 Å². The zero-order valence-corrected chi connectivity index (χ0v) is 18.2. The third-order valence-corrected chi connectivity index (χ3v) is 6.62. The van der Waals surface area contributed by atoms with E-state index < -0.39 is 16.1 Å². The van der Waals surface area contributed by atoms with Crippen LogP contribution < -0.4 is 14.9 Å². The number of carbonyl (C=O) groups is 2. The Bertz CT molecular complexity index is 1040. The summed E-state index contributed by atoms with van der Waals surface area (Å²) in [6, 6.07) is 13.2. The van der Waals surface area contributed by atoms with E-state index in [0.717, 1.165) is 16.8 Å². The Balaban J connectivity index is 1.74. The summed E-state index contributed by atoms with van der Waals surface area (Å²) < 4.78 is 28.5. The van der Waals surface area contributed by atoms with Crippen molar-refractivity contribution in [1.82, 2.24) is 10.0 Å². The van der Waals surface area contributed by atoms with Crippen LogP contribution in [0.2, 0.25) is 0 Å². The highest BCUT2D eigenvalue weighted by Crippen LogP contribution is 2.30. The summed E-state index contributed by atoms with van der Waals surface area (Å²) >= 11 is 0. The molecule has 0 spiro atoms. The fourth-order valence-electron chi connectivity index (χ4n) is 3.49. The first-order chi connectivity index (χ1) is 14.2. The number of nitrogens with zero attached hydrogens (tertiary/aromatic N) is 1. The number of anilines is 1. The number of nitrogens with one attached hydrogen (secondary N) is 2. The van der Waals surface area contributed by atoms with Gasteiger partial charge >= 0.3 is 0 Å². The molecule has 0 bridgehead atoms. The van der Waals surface area contributed by atoms with Gasteiger partial charge in [-0.1, -0.05) is 44.2 Å². The van der Waals surface area contributed by atoms with Crippen molar-refractivity contribution in [3.63, 3.8) is 0 Å². The van der Waals surface area contributed by atoms with Crippen molar-refractivity contribution in [3.8, 4) is 0 Å². The molecule has 7 nitrogen and oxygen atoms in total. The zero-order valence-electron chi connectivity index (χ0n) is 17.4. The van der Waals surface area contributed by atoms with Crippen molar-refractivity contribution >= 4 is 27.5 Å². The fraction of sp³-hybridized carbons (Fsp3) is 0.364. The fourth-order valence-corrected chi connectivity index (χ4v) is 4.89. The van der Waals surface area contributed by atoms with E-state index in [1.807, 2.05) is 30.3 Å². The molecule has 3 rings (SSSR count). The second kappa shape index (κ2) is 8.97. The van der Waals surface area contributed by atoms with Crippen molar-refractivity contribution in [2.24, 2.45) is 5.92 Å². The minimum Gasteiger partial charge on any atom is -0.351 e. The van der Waals surface area contributed by atoms with Gasteiger partial charge in [0.25, 0.3) is 0 Å². The predicted molar refractivity (Wildman–Crippen MR) is 115 cm³/mol. The van der Waals surface area contributed by atoms with Crippen molar-refractivity contribution < 1.29 is 18.0 Å². The molecule has 0 radical (unpaired) electrons. The van der Waals surface area contributed by atoms with Gasteiger partial charge < -0.3 is 10.2 Å². The van der Waals surface area contributed by atoms with Crippen LogP contribution in [0.15, 0.2) is 53.4 Å². The maximum Gasteiger partial charge on any atom is 0.241 e. The lowest BCUT2D eigenvalue weighted by Gasteiger charge is -2.22. The first-order valence-corrected chi connectivity index (χ1v) is 11.4. The molecule has 2 amide bonds. The van der Waals surface area contributed by atoms with Gasteiger partial charge in [0.1, 0.15) is 6.04 Å². The standard InChI is InChI=1S/C22H27N3O4S/c1-15(2)21(22(27)23-14-17-7-5-4-6-8-17)24-30(28,29)19-9-10-20-18(13-19)11-12-25(20)16(3)26/h4-10,13,15,21,24H,11-12,14H2,1-3H3,(H,23,27)/t21-/m0/s1. The number of fused-ring (bicyclic) bond motifs is 1. The lowest BCUT2D eigenvalue weighted by Crippen LogP contribution is -2.49. The van der Waals surface area contributed by atoms with Crippen LogP contribution in [0.5, 0.6) is 0 Å². The van der Waals surface area contributed by atoms with Crippen molar-refractivity contribution in [2.75, 3.05) is 11.4 Å². The topological polar surface area (TPSA) is 95.6 Å². The number of carbonyl (C=O) groups excluding carboxylic acids is 2. The molecule has 160 valence electrons. The highest BCUT2D eigenvalue weighted by Gasteiger charge is 2.30. The van der Waals surface area contributed by atoms with E-state index in [0.29, 0.717) is 19.5 Å². The molecular formula is C22H27N3O4S. The molecule has 0 unspecified atom stereocenters. The Labute approximate surface area is 177 Å². The third kappa shape index (κ3) is 4.88. The monoisotopic (exact) mass is 429 g/mol. The van der Waals surface area contributed by atoms with Crippen molar-refractivity contribution in [1.29, 1.82) is 0 Å². The Kier molecular flexibility index (Phi) is 6.58. The minimum absolute atomic E-state index is 0.0718. The molecule has 30 heavy (non-hydrogen) atoms. The number of rotatable bonds is 7. The van der Waals surface area contributed by atoms with Gasteiger partial charge in [0, 0.05) is 25.7 Å². The molecule has 2 aromatic rings. The largest absolute Gasteiger partial charge is 0.351 e. The Morgan fingerprint density at radius 3 is 2.43 bits per heavy atom. The van der Waals surface area contributed by atoms with E-state index in [1.165, 1.54) is 13.0 Å². The van der Waals surface area contributed by atoms with Gasteiger partial charge in [-0.25, -0.2) is 8.42 Å². The summed E-state index contributed by atoms with van der Waals surface area (Å²) in [7, 11) is -3.91. The van der Waals surface area contributed by atoms with Crippen LogP contribution in [0.25, 0.3) is 0 Å². The van der Waals surface area contributed by atoms with E-state index in [-0.39, 0.29) is 22.6 Å². The van der Waals surface area contributed by atoms with Gasteiger partial charge in [-0.2, -0.15) is 4.72 Å². The van der Waals surface area contributed by atoms with E-state index in [4.69, 9.17) is 0 Å². The number of hydrogen-bond donors (Lipinski definition) is 2. The van der Waals surface area contributed by atoms with Crippen LogP contribution in [0.3, 0.4) is 0 Å². The van der Waals surface area contributed by atoms with Gasteiger partial charge in [-0.05, 0) is 41.7 Å². The summed E-state index contributed by atoms with van der Waals surface area (Å²) in [6.07, 6.45) is 0.601. The van der Waals surface area contributed by atoms with E-state index in [9.17, 15) is 18.0 Å². The molecule has 1 aliphatic heterocycles. The molecule has 1 aliphatic rings. The Morgan fingerprint density at radius 1 is 1.10 bits per heavy atom. The summed E-state index contributed by atoms with van der Waals surface area (Å²) in [4.78, 5) is 26.1. The van der Waals surface area contributed by atoms with Crippen LogP contribution in [0.1, 0.15) is 31.9 Å². The van der Waals surface area contributed by atoms with Gasteiger partial charge in [0.2, 0.25) is 21.8 Å². The first-order valence-electron chi connectivity index (χ1n) is 9.94. The van der Waals surface area contributed by atoms with Gasteiger partial charge in [-0.15, -0.1) is 0 Å². The molecule has 0 fully saturated rings. The summed E-state index contributed by atoms with van der Waals surface area (Å²) in [6.45, 7) is 5.94. The van der Waals surface area contributed by atoms with Crippen LogP contribution in [-0.2, 0) is 32.6 Å². The summed E-state index contributed by atoms with van der Waals surface area (Å²) in [5.41, 5.74) is 2.48. The van der Waals surface area contributed by atoms with Gasteiger partial charge in [-0.3, -0.25) is 9.59 Å². The molecule has 1 heterocycles. The number of benzene rings is 2. The maximum atomic E-state index is 13.0. The number of hydrogen-bond acceptors (Lipinski definition) is 4. The Morgan fingerprint density at radius 2 is 1.80 bits per heavy atom. The first kappa shape index (κ1) is 22.0. The summed E-state index contributed by atoms with van der Waals surface area (Å²) in [5.74, 6) is -0.683. The SMILES string of the molecule is CC(=O)N1CCc2cc(S(=O)(=O)N[C@H](C(=O)NCc3ccccc3)C(C)C)ccc21. The Hall–Kier alpha value is -2.71. The quantitative estimate of drug-likeness (QED) is 0.705. The molecule has 0 saturated heterocycles. The van der Waals surface area contributed by atoms with E-state index in [2.05, 4.69) is 10.0 Å². The normalized spacial score (nSPS) is 14.5. The third-order valence-electron chi connectivity index (χ3n) is 5.18. The highest BCUT2D eigenvalue weighted by atomic mass is 32.2. The lowest BCUT2D eigenvalue weighted by atomic mass is 10.0. The predicted octanol–water partition coefficient (Wildman–Crippen LogP) is 2.21. The van der Waals surface area contributed by atoms with Crippen molar-refractivity contribution in [2.45, 2.75) is 44.7 Å². The second-order valence-corrected chi connectivity index (χ2v) is 9.47. The molecule has 1 atom stereocenters. The van der Waals surface area contributed by atoms with Crippen LogP contribution in [0, 0.1) is 5.92 Å². The zero-order chi connectivity index (χ0) is 21.9. The molecule has 0 saturated carbocycles. The maximum absolute atomic E-state index is 13.0. The van der Waals surface area contributed by atoms with Gasteiger partial charge in [0.15, 0.2) is 0 Å². The highest BCUT2D eigenvalue weighted by molar-refractivity contribution is 7.89. The molecule has 0 aliphatic carbocycles. The molecular weight excluding hydrogens is 402 g/mol. The van der Waals surface area contributed by atoms with Crippen molar-refractivity contribution in [3.05, 3.63) is 59.7 Å². The van der Waals surface area contributed by atoms with Gasteiger partial charge in [0.05, 0.1) is 4.90 Å². The molecule has 2 N–H and O–H groups in total. The smallest absolute Gasteiger partial charge is 0.241 e. The number of sulfonamides is 1. The van der Waals surface area contributed by atoms with Crippen LogP contribution >= 0.6 is 0 Å². The summed E-state index contributed by atoms with van der Waals surface area (Å²) in [5, 5.41) is 2.80. The molecule has 0 aromatic heterocycles.